The first-order valence-corrected chi connectivity index (χ1v) is 6.07. The van der Waals surface area contributed by atoms with Crippen molar-refractivity contribution < 1.29 is 5.21 Å². The molecule has 0 amide bonds. The fraction of sp³-hybridized carbons (Fsp3) is 0. The maximum atomic E-state index is 8.61. The minimum Gasteiger partial charge on any atom is -0.409 e. The van der Waals surface area contributed by atoms with Crippen LogP contribution in [-0.2, 0) is 0 Å². The standard InChI is InChI=1S/C11H8Br2N2O/c12-9-4-6-1-2-7(11(14)15-16)3-8(6)5-10(9)13/h1-5,16H,(H2,14,15). The highest BCUT2D eigenvalue weighted by Crippen LogP contribution is 2.29. The first-order chi connectivity index (χ1) is 7.61. The van der Waals surface area contributed by atoms with Crippen LogP contribution in [0.1, 0.15) is 5.56 Å². The summed E-state index contributed by atoms with van der Waals surface area (Å²) in [6, 6.07) is 9.61. The van der Waals surface area contributed by atoms with Gasteiger partial charge in [-0.2, -0.15) is 0 Å². The van der Waals surface area contributed by atoms with Gasteiger partial charge in [-0.15, -0.1) is 0 Å². The van der Waals surface area contributed by atoms with Crippen LogP contribution in [0.5, 0.6) is 0 Å². The Morgan fingerprint density at radius 3 is 2.31 bits per heavy atom. The van der Waals surface area contributed by atoms with Crippen LogP contribution in [0.25, 0.3) is 10.8 Å². The fourth-order valence-electron chi connectivity index (χ4n) is 1.46. The molecule has 5 heteroatoms. The predicted molar refractivity (Wildman–Crippen MR) is 71.9 cm³/mol. The molecular formula is C11H8Br2N2O. The van der Waals surface area contributed by atoms with Gasteiger partial charge in [-0.1, -0.05) is 17.3 Å². The van der Waals surface area contributed by atoms with Crippen molar-refractivity contribution in [1.29, 1.82) is 0 Å². The Hall–Kier alpha value is -1.07. The van der Waals surface area contributed by atoms with Crippen LogP contribution in [0.2, 0.25) is 0 Å². The van der Waals surface area contributed by atoms with E-state index >= 15 is 0 Å². The first-order valence-electron chi connectivity index (χ1n) is 4.48. The van der Waals surface area contributed by atoms with E-state index in [1.54, 1.807) is 0 Å². The molecule has 0 saturated carbocycles. The van der Waals surface area contributed by atoms with Crippen LogP contribution < -0.4 is 5.73 Å². The summed E-state index contributed by atoms with van der Waals surface area (Å²) < 4.78 is 1.97. The maximum absolute atomic E-state index is 8.61. The van der Waals surface area contributed by atoms with E-state index in [2.05, 4.69) is 37.0 Å². The van der Waals surface area contributed by atoms with E-state index in [9.17, 15) is 0 Å². The number of amidine groups is 1. The number of hydrogen-bond acceptors (Lipinski definition) is 2. The van der Waals surface area contributed by atoms with Gasteiger partial charge in [-0.25, -0.2) is 0 Å². The van der Waals surface area contributed by atoms with Crippen molar-refractivity contribution in [1.82, 2.24) is 0 Å². The van der Waals surface area contributed by atoms with Crippen molar-refractivity contribution in [3.8, 4) is 0 Å². The molecule has 2 aromatic rings. The summed E-state index contributed by atoms with van der Waals surface area (Å²) in [4.78, 5) is 0. The zero-order valence-corrected chi connectivity index (χ0v) is 11.3. The molecule has 2 aromatic carbocycles. The number of benzene rings is 2. The molecule has 0 bridgehead atoms. The largest absolute Gasteiger partial charge is 0.409 e. The molecule has 0 spiro atoms. The Morgan fingerprint density at radius 1 is 1.06 bits per heavy atom. The molecule has 0 aliphatic carbocycles. The lowest BCUT2D eigenvalue weighted by Crippen LogP contribution is -2.12. The van der Waals surface area contributed by atoms with Gasteiger partial charge < -0.3 is 10.9 Å². The van der Waals surface area contributed by atoms with Crippen molar-refractivity contribution in [3.05, 3.63) is 44.8 Å². The quantitative estimate of drug-likeness (QED) is 0.360. The van der Waals surface area contributed by atoms with Crippen molar-refractivity contribution >= 4 is 48.5 Å². The van der Waals surface area contributed by atoms with Gasteiger partial charge in [0, 0.05) is 14.5 Å². The number of fused-ring (bicyclic) bond motifs is 1. The van der Waals surface area contributed by atoms with Gasteiger partial charge in [0.05, 0.1) is 0 Å². The summed E-state index contributed by atoms with van der Waals surface area (Å²) in [5.74, 6) is 0.112. The van der Waals surface area contributed by atoms with Gasteiger partial charge in [0.15, 0.2) is 5.84 Å². The van der Waals surface area contributed by atoms with Gasteiger partial charge in [0.2, 0.25) is 0 Å². The second kappa shape index (κ2) is 4.43. The average Bonchev–Trinajstić information content (AvgIpc) is 2.29. The normalized spacial score (nSPS) is 12.0. The number of halogens is 2. The van der Waals surface area contributed by atoms with E-state index in [4.69, 9.17) is 10.9 Å². The molecule has 0 heterocycles. The minimum absolute atomic E-state index is 0.112. The zero-order chi connectivity index (χ0) is 11.7. The van der Waals surface area contributed by atoms with Crippen LogP contribution >= 0.6 is 31.9 Å². The molecule has 3 nitrogen and oxygen atoms in total. The third kappa shape index (κ3) is 2.05. The summed E-state index contributed by atoms with van der Waals surface area (Å²) in [6.07, 6.45) is 0. The second-order valence-corrected chi connectivity index (χ2v) is 5.02. The highest BCUT2D eigenvalue weighted by molar-refractivity contribution is 9.13. The fourth-order valence-corrected chi connectivity index (χ4v) is 2.18. The van der Waals surface area contributed by atoms with Gasteiger partial charge in [0.1, 0.15) is 0 Å². The molecule has 82 valence electrons. The third-order valence-electron chi connectivity index (χ3n) is 2.28. The van der Waals surface area contributed by atoms with Gasteiger partial charge >= 0.3 is 0 Å². The van der Waals surface area contributed by atoms with Crippen LogP contribution in [-0.4, -0.2) is 11.0 Å². The number of nitrogens with zero attached hydrogens (tertiary/aromatic N) is 1. The van der Waals surface area contributed by atoms with Gasteiger partial charge in [-0.05, 0) is 60.8 Å². The SMILES string of the molecule is N/C(=N\O)c1ccc2cc(Br)c(Br)cc2c1. The Bertz CT molecular complexity index is 581. The number of oxime groups is 1. The molecule has 16 heavy (non-hydrogen) atoms. The number of hydrogen-bond donors (Lipinski definition) is 2. The highest BCUT2D eigenvalue weighted by atomic mass is 79.9. The van der Waals surface area contributed by atoms with Crippen molar-refractivity contribution in [2.75, 3.05) is 0 Å². The van der Waals surface area contributed by atoms with Crippen molar-refractivity contribution in [2.24, 2.45) is 10.9 Å². The Balaban J connectivity index is 2.67. The van der Waals surface area contributed by atoms with Crippen LogP contribution in [0.3, 0.4) is 0 Å². The number of rotatable bonds is 1. The summed E-state index contributed by atoms with van der Waals surface area (Å²) in [5.41, 5.74) is 6.23. The molecule has 0 aliphatic rings. The molecule has 2 rings (SSSR count). The van der Waals surface area contributed by atoms with E-state index in [1.807, 2.05) is 30.3 Å². The van der Waals surface area contributed by atoms with E-state index in [1.165, 1.54) is 0 Å². The molecule has 0 unspecified atom stereocenters. The smallest absolute Gasteiger partial charge is 0.170 e. The van der Waals surface area contributed by atoms with Crippen molar-refractivity contribution in [3.63, 3.8) is 0 Å². The number of nitrogens with two attached hydrogens (primary N) is 1. The Kier molecular flexibility index (Phi) is 3.16. The van der Waals surface area contributed by atoms with Crippen LogP contribution in [0, 0.1) is 0 Å². The minimum atomic E-state index is 0.112. The Labute approximate surface area is 109 Å². The lowest BCUT2D eigenvalue weighted by molar-refractivity contribution is 0.318. The lowest BCUT2D eigenvalue weighted by Gasteiger charge is -2.04. The average molecular weight is 344 g/mol. The molecule has 3 N–H and O–H groups in total. The van der Waals surface area contributed by atoms with Crippen molar-refractivity contribution in [2.45, 2.75) is 0 Å². The molecule has 0 aliphatic heterocycles. The topological polar surface area (TPSA) is 58.6 Å². The predicted octanol–water partition coefficient (Wildman–Crippen LogP) is 3.46. The maximum Gasteiger partial charge on any atom is 0.170 e. The monoisotopic (exact) mass is 342 g/mol. The molecule has 0 atom stereocenters. The highest BCUT2D eigenvalue weighted by Gasteiger charge is 2.03. The Morgan fingerprint density at radius 2 is 1.69 bits per heavy atom. The summed E-state index contributed by atoms with van der Waals surface area (Å²) >= 11 is 6.88. The third-order valence-corrected chi connectivity index (χ3v) is 4.13. The first kappa shape index (κ1) is 11.4. The van der Waals surface area contributed by atoms with Crippen LogP contribution in [0.4, 0.5) is 0 Å². The van der Waals surface area contributed by atoms with E-state index in [-0.39, 0.29) is 5.84 Å². The summed E-state index contributed by atoms with van der Waals surface area (Å²) in [6.45, 7) is 0. The molecule has 0 aromatic heterocycles. The molecule has 0 fully saturated rings. The molecule has 0 radical (unpaired) electrons. The zero-order valence-electron chi connectivity index (χ0n) is 8.11. The summed E-state index contributed by atoms with van der Waals surface area (Å²) in [5, 5.41) is 13.7. The summed E-state index contributed by atoms with van der Waals surface area (Å²) in [7, 11) is 0. The lowest BCUT2D eigenvalue weighted by atomic mass is 10.1. The molecular weight excluding hydrogens is 336 g/mol. The van der Waals surface area contributed by atoms with Gasteiger partial charge in [-0.3, -0.25) is 0 Å². The second-order valence-electron chi connectivity index (χ2n) is 3.31. The van der Waals surface area contributed by atoms with Gasteiger partial charge in [0.25, 0.3) is 0 Å². The van der Waals surface area contributed by atoms with E-state index in [0.717, 1.165) is 19.7 Å². The van der Waals surface area contributed by atoms with E-state index in [0.29, 0.717) is 5.56 Å². The molecule has 0 saturated heterocycles. The van der Waals surface area contributed by atoms with Crippen LogP contribution in [0.15, 0.2) is 44.4 Å². The van der Waals surface area contributed by atoms with E-state index < -0.39 is 0 Å².